The second kappa shape index (κ2) is 4.67. The molecule has 88 valence electrons. The van der Waals surface area contributed by atoms with Gasteiger partial charge in [0.1, 0.15) is 11.8 Å². The Hall–Kier alpha value is -1.33. The fourth-order valence-corrected chi connectivity index (χ4v) is 1.81. The molecule has 0 radical (unpaired) electrons. The van der Waals surface area contributed by atoms with Gasteiger partial charge in [-0.15, -0.1) is 0 Å². The van der Waals surface area contributed by atoms with Crippen molar-refractivity contribution in [3.05, 3.63) is 23.7 Å². The zero-order valence-corrected chi connectivity index (χ0v) is 9.18. The molecular weight excluding hydrogens is 210 g/mol. The summed E-state index contributed by atoms with van der Waals surface area (Å²) in [7, 11) is 0. The lowest BCUT2D eigenvalue weighted by atomic mass is 10.2. The van der Waals surface area contributed by atoms with Gasteiger partial charge in [0, 0.05) is 6.54 Å². The van der Waals surface area contributed by atoms with Crippen molar-refractivity contribution < 1.29 is 19.1 Å². The highest BCUT2D eigenvalue weighted by atomic mass is 16.5. The number of carbonyl (C=O) groups is 1. The van der Waals surface area contributed by atoms with E-state index in [1.165, 1.54) is 0 Å². The topological polar surface area (TPSA) is 62.9 Å². The summed E-state index contributed by atoms with van der Waals surface area (Å²) in [6, 6.07) is 1.31. The minimum Gasteiger partial charge on any atom is -0.480 e. The van der Waals surface area contributed by atoms with Crippen molar-refractivity contribution in [2.75, 3.05) is 19.8 Å². The van der Waals surface area contributed by atoms with Crippen molar-refractivity contribution in [1.29, 1.82) is 0 Å². The molecule has 0 bridgehead atoms. The molecule has 0 spiro atoms. The van der Waals surface area contributed by atoms with Crippen LogP contribution in [-0.4, -0.2) is 41.8 Å². The number of rotatable bonds is 3. The summed E-state index contributed by atoms with van der Waals surface area (Å²) in [5.41, 5.74) is 1.05. The normalized spacial score (nSPS) is 22.2. The molecule has 0 aliphatic carbocycles. The predicted octanol–water partition coefficient (Wildman–Crippen LogP) is 0.873. The molecule has 2 heterocycles. The maximum Gasteiger partial charge on any atom is 0.323 e. The van der Waals surface area contributed by atoms with Crippen LogP contribution in [-0.2, 0) is 16.1 Å². The van der Waals surface area contributed by atoms with Crippen LogP contribution >= 0.6 is 0 Å². The number of aliphatic carboxylic acids is 1. The van der Waals surface area contributed by atoms with Gasteiger partial charge in [-0.25, -0.2) is 0 Å². The van der Waals surface area contributed by atoms with Gasteiger partial charge in [0.2, 0.25) is 0 Å². The van der Waals surface area contributed by atoms with Crippen molar-refractivity contribution in [3.63, 3.8) is 0 Å². The molecule has 1 aromatic heterocycles. The molecule has 16 heavy (non-hydrogen) atoms. The molecule has 1 aliphatic rings. The van der Waals surface area contributed by atoms with Gasteiger partial charge in [0.15, 0.2) is 0 Å². The highest BCUT2D eigenvalue weighted by molar-refractivity contribution is 5.73. The summed E-state index contributed by atoms with van der Waals surface area (Å²) in [4.78, 5) is 12.9. The number of carboxylic acids is 1. The first-order valence-electron chi connectivity index (χ1n) is 5.26. The number of hydrogen-bond donors (Lipinski definition) is 1. The fraction of sp³-hybridized carbons (Fsp3) is 0.545. The van der Waals surface area contributed by atoms with Gasteiger partial charge in [-0.3, -0.25) is 9.69 Å². The van der Waals surface area contributed by atoms with E-state index in [1.807, 2.05) is 17.9 Å². The third kappa shape index (κ3) is 2.25. The molecule has 1 unspecified atom stereocenters. The highest BCUT2D eigenvalue weighted by Crippen LogP contribution is 2.16. The summed E-state index contributed by atoms with van der Waals surface area (Å²) in [5.74, 6) is -0.0166. The lowest BCUT2D eigenvalue weighted by Gasteiger charge is -2.32. The number of hydrogen-bond acceptors (Lipinski definition) is 4. The largest absolute Gasteiger partial charge is 0.480 e. The van der Waals surface area contributed by atoms with Gasteiger partial charge < -0.3 is 14.3 Å². The summed E-state index contributed by atoms with van der Waals surface area (Å²) in [5, 5.41) is 9.05. The van der Waals surface area contributed by atoms with Crippen LogP contribution in [0.2, 0.25) is 0 Å². The van der Waals surface area contributed by atoms with Crippen LogP contribution in [0, 0.1) is 6.92 Å². The molecule has 0 saturated carbocycles. The van der Waals surface area contributed by atoms with Crippen LogP contribution in [0.5, 0.6) is 0 Å². The van der Waals surface area contributed by atoms with Crippen molar-refractivity contribution in [2.45, 2.75) is 19.5 Å². The van der Waals surface area contributed by atoms with Crippen molar-refractivity contribution in [3.8, 4) is 0 Å². The third-order valence-electron chi connectivity index (χ3n) is 2.84. The van der Waals surface area contributed by atoms with Crippen LogP contribution in [0.3, 0.4) is 0 Å². The quantitative estimate of drug-likeness (QED) is 0.827. The van der Waals surface area contributed by atoms with E-state index in [1.54, 1.807) is 6.26 Å². The van der Waals surface area contributed by atoms with E-state index in [4.69, 9.17) is 14.3 Å². The first-order valence-corrected chi connectivity index (χ1v) is 5.26. The molecule has 1 fully saturated rings. The van der Waals surface area contributed by atoms with Gasteiger partial charge in [0.05, 0.1) is 26.0 Å². The molecule has 5 heteroatoms. The van der Waals surface area contributed by atoms with E-state index in [-0.39, 0.29) is 6.61 Å². The van der Waals surface area contributed by atoms with E-state index in [0.717, 1.165) is 11.3 Å². The summed E-state index contributed by atoms with van der Waals surface area (Å²) >= 11 is 0. The molecular formula is C11H15NO4. The van der Waals surface area contributed by atoms with Gasteiger partial charge >= 0.3 is 5.97 Å². The van der Waals surface area contributed by atoms with E-state index in [0.29, 0.717) is 19.7 Å². The number of carboxylic acid groups (broad SMARTS) is 1. The molecule has 1 aromatic rings. The monoisotopic (exact) mass is 225 g/mol. The van der Waals surface area contributed by atoms with Crippen molar-refractivity contribution in [1.82, 2.24) is 4.90 Å². The molecule has 1 N–H and O–H groups in total. The Labute approximate surface area is 93.6 Å². The molecule has 0 aromatic carbocycles. The second-order valence-corrected chi connectivity index (χ2v) is 3.93. The minimum atomic E-state index is -0.844. The van der Waals surface area contributed by atoms with Crippen LogP contribution < -0.4 is 0 Å². The van der Waals surface area contributed by atoms with E-state index in [9.17, 15) is 4.79 Å². The Morgan fingerprint density at radius 3 is 3.12 bits per heavy atom. The molecule has 1 saturated heterocycles. The number of morpholine rings is 1. The van der Waals surface area contributed by atoms with E-state index in [2.05, 4.69) is 0 Å². The standard InChI is InChI=1S/C11H15NO4/c1-8-2-4-16-10(8)6-12-3-5-15-7-9(12)11(13)14/h2,4,9H,3,5-7H2,1H3,(H,13,14). The third-order valence-corrected chi connectivity index (χ3v) is 2.84. The van der Waals surface area contributed by atoms with Crippen LogP contribution in [0.1, 0.15) is 11.3 Å². The summed E-state index contributed by atoms with van der Waals surface area (Å²) in [6.07, 6.45) is 1.63. The van der Waals surface area contributed by atoms with Gasteiger partial charge in [-0.1, -0.05) is 0 Å². The fourth-order valence-electron chi connectivity index (χ4n) is 1.81. The first-order chi connectivity index (χ1) is 7.68. The number of nitrogens with zero attached hydrogens (tertiary/aromatic N) is 1. The Morgan fingerprint density at radius 2 is 2.50 bits per heavy atom. The lowest BCUT2D eigenvalue weighted by Crippen LogP contribution is -2.49. The average Bonchev–Trinajstić information content (AvgIpc) is 2.65. The highest BCUT2D eigenvalue weighted by Gasteiger charge is 2.29. The Bertz CT molecular complexity index is 374. The molecule has 1 aliphatic heterocycles. The van der Waals surface area contributed by atoms with E-state index >= 15 is 0 Å². The Morgan fingerprint density at radius 1 is 1.69 bits per heavy atom. The van der Waals surface area contributed by atoms with Crippen molar-refractivity contribution in [2.24, 2.45) is 0 Å². The SMILES string of the molecule is Cc1ccoc1CN1CCOCC1C(=O)O. The smallest absolute Gasteiger partial charge is 0.323 e. The zero-order chi connectivity index (χ0) is 11.5. The van der Waals surface area contributed by atoms with E-state index < -0.39 is 12.0 Å². The minimum absolute atomic E-state index is 0.245. The molecule has 2 rings (SSSR count). The average molecular weight is 225 g/mol. The van der Waals surface area contributed by atoms with Crippen molar-refractivity contribution >= 4 is 5.97 Å². The number of aryl methyl sites for hydroxylation is 1. The summed E-state index contributed by atoms with van der Waals surface area (Å²) in [6.45, 7) is 3.92. The van der Waals surface area contributed by atoms with Crippen LogP contribution in [0.25, 0.3) is 0 Å². The number of ether oxygens (including phenoxy) is 1. The molecule has 0 amide bonds. The Balaban J connectivity index is 2.07. The zero-order valence-electron chi connectivity index (χ0n) is 9.18. The second-order valence-electron chi connectivity index (χ2n) is 3.93. The maximum absolute atomic E-state index is 11.0. The Kier molecular flexibility index (Phi) is 3.26. The lowest BCUT2D eigenvalue weighted by molar-refractivity contribution is -0.150. The van der Waals surface area contributed by atoms with Gasteiger partial charge in [-0.2, -0.15) is 0 Å². The summed E-state index contributed by atoms with van der Waals surface area (Å²) < 4.78 is 10.5. The van der Waals surface area contributed by atoms with Gasteiger partial charge in [-0.05, 0) is 18.6 Å². The molecule has 5 nitrogen and oxygen atoms in total. The van der Waals surface area contributed by atoms with Crippen LogP contribution in [0.4, 0.5) is 0 Å². The predicted molar refractivity (Wildman–Crippen MR) is 56.1 cm³/mol. The van der Waals surface area contributed by atoms with Crippen LogP contribution in [0.15, 0.2) is 16.7 Å². The maximum atomic E-state index is 11.0. The van der Waals surface area contributed by atoms with Gasteiger partial charge in [0.25, 0.3) is 0 Å². The number of furan rings is 1. The molecule has 1 atom stereocenters. The first kappa shape index (κ1) is 11.2.